The van der Waals surface area contributed by atoms with Gasteiger partial charge < -0.3 is 24.8 Å². The van der Waals surface area contributed by atoms with Crippen molar-refractivity contribution >= 4 is 23.2 Å². The van der Waals surface area contributed by atoms with E-state index in [0.717, 1.165) is 4.88 Å². The first-order chi connectivity index (χ1) is 12.4. The Morgan fingerprint density at radius 2 is 1.85 bits per heavy atom. The number of nitrogens with zero attached hydrogens (tertiary/aromatic N) is 1. The van der Waals surface area contributed by atoms with Gasteiger partial charge in [0, 0.05) is 17.5 Å². The van der Waals surface area contributed by atoms with Gasteiger partial charge >= 0.3 is 0 Å². The van der Waals surface area contributed by atoms with Crippen molar-refractivity contribution in [3.63, 3.8) is 0 Å². The van der Waals surface area contributed by atoms with E-state index in [1.165, 1.54) is 14.2 Å². The molecule has 0 saturated heterocycles. The summed E-state index contributed by atoms with van der Waals surface area (Å²) in [5.41, 5.74) is 5.50. The van der Waals surface area contributed by atoms with E-state index < -0.39 is 5.91 Å². The van der Waals surface area contributed by atoms with Gasteiger partial charge in [-0.05, 0) is 30.5 Å². The van der Waals surface area contributed by atoms with Crippen molar-refractivity contribution in [3.8, 4) is 17.2 Å². The highest BCUT2D eigenvalue weighted by molar-refractivity contribution is 7.10. The lowest BCUT2D eigenvalue weighted by atomic mass is 10.1. The number of ether oxygens (including phenoxy) is 3. The van der Waals surface area contributed by atoms with Gasteiger partial charge in [0.15, 0.2) is 18.1 Å². The quantitative estimate of drug-likeness (QED) is 0.762. The van der Waals surface area contributed by atoms with Crippen molar-refractivity contribution in [2.24, 2.45) is 5.73 Å². The molecule has 2 aromatic rings. The van der Waals surface area contributed by atoms with Gasteiger partial charge in [-0.15, -0.1) is 11.3 Å². The largest absolute Gasteiger partial charge is 0.493 e. The van der Waals surface area contributed by atoms with Crippen LogP contribution in [-0.2, 0) is 4.79 Å². The Morgan fingerprint density at radius 1 is 1.23 bits per heavy atom. The minimum absolute atomic E-state index is 0.0784. The summed E-state index contributed by atoms with van der Waals surface area (Å²) in [4.78, 5) is 26.6. The molecule has 1 heterocycles. The second-order valence-corrected chi connectivity index (χ2v) is 6.55. The fourth-order valence-electron chi connectivity index (χ4n) is 2.39. The highest BCUT2D eigenvalue weighted by Gasteiger charge is 2.23. The maximum Gasteiger partial charge on any atom is 0.255 e. The smallest absolute Gasteiger partial charge is 0.255 e. The molecule has 0 aliphatic heterocycles. The molecule has 2 amide bonds. The number of carbonyl (C=O) groups excluding carboxylic acids is 2. The number of amides is 2. The van der Waals surface area contributed by atoms with Crippen molar-refractivity contribution in [2.45, 2.75) is 13.0 Å². The van der Waals surface area contributed by atoms with E-state index in [0.29, 0.717) is 5.56 Å². The van der Waals surface area contributed by atoms with Crippen LogP contribution in [0.3, 0.4) is 0 Å². The zero-order valence-electron chi connectivity index (χ0n) is 15.1. The number of benzene rings is 1. The third-order valence-electron chi connectivity index (χ3n) is 3.92. The summed E-state index contributed by atoms with van der Waals surface area (Å²) in [6.07, 6.45) is 0. The molecule has 0 fully saturated rings. The summed E-state index contributed by atoms with van der Waals surface area (Å²) in [5.74, 6) is -0.0284. The van der Waals surface area contributed by atoms with Gasteiger partial charge in [-0.25, -0.2) is 0 Å². The minimum atomic E-state index is -0.626. The number of rotatable bonds is 8. The SMILES string of the molecule is COc1cc(C(=O)N(C)[C@@H](C)c2cccs2)cc(OC)c1OCC(N)=O. The molecule has 0 spiro atoms. The highest BCUT2D eigenvalue weighted by Crippen LogP contribution is 2.39. The van der Waals surface area contributed by atoms with E-state index in [-0.39, 0.29) is 35.8 Å². The zero-order chi connectivity index (χ0) is 19.3. The number of methoxy groups -OCH3 is 2. The molecule has 8 heteroatoms. The van der Waals surface area contributed by atoms with E-state index >= 15 is 0 Å². The minimum Gasteiger partial charge on any atom is -0.493 e. The van der Waals surface area contributed by atoms with Gasteiger partial charge in [-0.3, -0.25) is 9.59 Å². The molecular weight excluding hydrogens is 356 g/mol. The fraction of sp³-hybridized carbons (Fsp3) is 0.333. The van der Waals surface area contributed by atoms with Gasteiger partial charge in [0.1, 0.15) is 0 Å². The van der Waals surface area contributed by atoms with Gasteiger partial charge in [-0.2, -0.15) is 0 Å². The predicted molar refractivity (Wildman–Crippen MR) is 99.1 cm³/mol. The lowest BCUT2D eigenvalue weighted by molar-refractivity contribution is -0.120. The highest BCUT2D eigenvalue weighted by atomic mass is 32.1. The van der Waals surface area contributed by atoms with E-state index in [2.05, 4.69) is 0 Å². The molecule has 2 N–H and O–H groups in total. The van der Waals surface area contributed by atoms with Crippen LogP contribution in [0.15, 0.2) is 29.6 Å². The molecule has 140 valence electrons. The molecule has 0 unspecified atom stereocenters. The molecule has 26 heavy (non-hydrogen) atoms. The second kappa shape index (κ2) is 8.57. The summed E-state index contributed by atoms with van der Waals surface area (Å²) in [6, 6.07) is 6.97. The predicted octanol–water partition coefficient (Wildman–Crippen LogP) is 2.46. The van der Waals surface area contributed by atoms with E-state index in [9.17, 15) is 9.59 Å². The van der Waals surface area contributed by atoms with E-state index in [1.807, 2.05) is 24.4 Å². The fourth-order valence-corrected chi connectivity index (χ4v) is 3.21. The first-order valence-corrected chi connectivity index (χ1v) is 8.74. The van der Waals surface area contributed by atoms with Crippen LogP contribution in [0.5, 0.6) is 17.2 Å². The molecule has 7 nitrogen and oxygen atoms in total. The summed E-state index contributed by atoms with van der Waals surface area (Å²) in [5, 5.41) is 1.97. The second-order valence-electron chi connectivity index (χ2n) is 5.57. The van der Waals surface area contributed by atoms with Crippen molar-refractivity contribution in [1.82, 2.24) is 4.90 Å². The van der Waals surface area contributed by atoms with Crippen LogP contribution >= 0.6 is 11.3 Å². The Kier molecular flexibility index (Phi) is 6.46. The Morgan fingerprint density at radius 3 is 2.31 bits per heavy atom. The topological polar surface area (TPSA) is 91.1 Å². The molecule has 2 rings (SSSR count). The number of primary amides is 1. The molecule has 0 bridgehead atoms. The summed E-state index contributed by atoms with van der Waals surface area (Å²) in [6.45, 7) is 1.64. The van der Waals surface area contributed by atoms with Gasteiger partial charge in [0.05, 0.1) is 20.3 Å². The van der Waals surface area contributed by atoms with Crippen molar-refractivity contribution < 1.29 is 23.8 Å². The maximum atomic E-state index is 12.9. The summed E-state index contributed by atoms with van der Waals surface area (Å²) in [7, 11) is 4.62. The Balaban J connectivity index is 2.33. The standard InChI is InChI=1S/C18H22N2O5S/c1-11(15-6-5-7-26-15)20(2)18(22)12-8-13(23-3)17(14(9-12)24-4)25-10-16(19)21/h5-9,11H,10H2,1-4H3,(H2,19,21)/t11-/m0/s1. The van der Waals surface area contributed by atoms with Gasteiger partial charge in [0.2, 0.25) is 5.75 Å². The average molecular weight is 378 g/mol. The van der Waals surface area contributed by atoms with Crippen LogP contribution in [0, 0.1) is 0 Å². The molecular formula is C18H22N2O5S. The monoisotopic (exact) mass is 378 g/mol. The van der Waals surface area contributed by atoms with Crippen molar-refractivity contribution in [3.05, 3.63) is 40.1 Å². The van der Waals surface area contributed by atoms with Crippen molar-refractivity contribution in [1.29, 1.82) is 0 Å². The van der Waals surface area contributed by atoms with Crippen LogP contribution in [0.4, 0.5) is 0 Å². The van der Waals surface area contributed by atoms with Crippen LogP contribution in [-0.4, -0.2) is 44.6 Å². The number of hydrogen-bond acceptors (Lipinski definition) is 6. The molecule has 0 aliphatic carbocycles. The summed E-state index contributed by atoms with van der Waals surface area (Å²) < 4.78 is 16.0. The maximum absolute atomic E-state index is 12.9. The normalized spacial score (nSPS) is 11.5. The Bertz CT molecular complexity index is 751. The lowest BCUT2D eigenvalue weighted by Gasteiger charge is -2.25. The molecule has 0 aliphatic rings. The van der Waals surface area contributed by atoms with Gasteiger partial charge in [-0.1, -0.05) is 6.07 Å². The zero-order valence-corrected chi connectivity index (χ0v) is 16.0. The molecule has 1 aromatic heterocycles. The molecule has 1 atom stereocenters. The lowest BCUT2D eigenvalue weighted by Crippen LogP contribution is -2.29. The Hall–Kier alpha value is -2.74. The molecule has 0 radical (unpaired) electrons. The van der Waals surface area contributed by atoms with Crippen LogP contribution in [0.1, 0.15) is 28.2 Å². The van der Waals surface area contributed by atoms with Crippen LogP contribution in [0.2, 0.25) is 0 Å². The first-order valence-electron chi connectivity index (χ1n) is 7.86. The number of thiophene rings is 1. The van der Waals surface area contributed by atoms with E-state index in [4.69, 9.17) is 19.9 Å². The first kappa shape index (κ1) is 19.6. The molecule has 1 aromatic carbocycles. The average Bonchev–Trinajstić information content (AvgIpc) is 3.18. The third kappa shape index (κ3) is 4.26. The number of carbonyl (C=O) groups is 2. The number of nitrogens with two attached hydrogens (primary N) is 1. The molecule has 0 saturated carbocycles. The van der Waals surface area contributed by atoms with Gasteiger partial charge in [0.25, 0.3) is 11.8 Å². The summed E-state index contributed by atoms with van der Waals surface area (Å²) >= 11 is 1.59. The van der Waals surface area contributed by atoms with Crippen molar-refractivity contribution in [2.75, 3.05) is 27.9 Å². The van der Waals surface area contributed by atoms with Crippen LogP contribution in [0.25, 0.3) is 0 Å². The van der Waals surface area contributed by atoms with Crippen LogP contribution < -0.4 is 19.9 Å². The number of hydrogen-bond donors (Lipinski definition) is 1. The Labute approximate surface area is 156 Å². The third-order valence-corrected chi connectivity index (χ3v) is 4.97. The van der Waals surface area contributed by atoms with E-state index in [1.54, 1.807) is 35.4 Å².